The molecule has 0 saturated heterocycles. The van der Waals surface area contributed by atoms with Gasteiger partial charge in [0, 0.05) is 18.4 Å². The number of hydrogen-bond acceptors (Lipinski definition) is 2. The Kier molecular flexibility index (Phi) is 5.67. The van der Waals surface area contributed by atoms with Crippen LogP contribution in [0.2, 0.25) is 0 Å². The Balaban J connectivity index is 1.74. The van der Waals surface area contributed by atoms with Gasteiger partial charge >= 0.3 is 0 Å². The van der Waals surface area contributed by atoms with E-state index in [-0.39, 0.29) is 0 Å². The molecule has 1 aromatic rings. The first kappa shape index (κ1) is 17.8. The maximum atomic E-state index is 6.12. The third-order valence-corrected chi connectivity index (χ3v) is 5.88. The summed E-state index contributed by atoms with van der Waals surface area (Å²) in [7, 11) is 0. The van der Waals surface area contributed by atoms with E-state index >= 15 is 0 Å². The summed E-state index contributed by atoms with van der Waals surface area (Å²) in [5.41, 5.74) is 13.1. The van der Waals surface area contributed by atoms with Crippen molar-refractivity contribution in [3.8, 4) is 0 Å². The first-order valence-corrected chi connectivity index (χ1v) is 9.70. The average Bonchev–Trinajstić information content (AvgIpc) is 3.12. The highest BCUT2D eigenvalue weighted by atomic mass is 14.8. The van der Waals surface area contributed by atoms with Crippen LogP contribution < -0.4 is 11.1 Å². The highest BCUT2D eigenvalue weighted by Crippen LogP contribution is 2.50. The van der Waals surface area contributed by atoms with Crippen LogP contribution in [-0.2, 0) is 6.42 Å². The van der Waals surface area contributed by atoms with E-state index in [0.29, 0.717) is 11.8 Å². The van der Waals surface area contributed by atoms with Crippen LogP contribution in [0.3, 0.4) is 0 Å². The number of nitrogens with two attached hydrogens (primary N) is 1. The molecular formula is C23H32N2. The van der Waals surface area contributed by atoms with E-state index in [1.165, 1.54) is 30.4 Å². The van der Waals surface area contributed by atoms with Crippen molar-refractivity contribution < 1.29 is 0 Å². The first-order valence-electron chi connectivity index (χ1n) is 9.70. The van der Waals surface area contributed by atoms with Gasteiger partial charge in [-0.25, -0.2) is 0 Å². The van der Waals surface area contributed by atoms with Crippen molar-refractivity contribution >= 4 is 0 Å². The summed E-state index contributed by atoms with van der Waals surface area (Å²) >= 11 is 0. The lowest BCUT2D eigenvalue weighted by atomic mass is 9.87. The molecule has 0 spiro atoms. The summed E-state index contributed by atoms with van der Waals surface area (Å²) in [6, 6.07) is 7.20. The zero-order valence-electron chi connectivity index (χ0n) is 15.6. The second kappa shape index (κ2) is 7.95. The van der Waals surface area contributed by atoms with E-state index < -0.39 is 0 Å². The van der Waals surface area contributed by atoms with Crippen molar-refractivity contribution in [2.75, 3.05) is 6.54 Å². The van der Waals surface area contributed by atoms with Crippen molar-refractivity contribution in [2.24, 2.45) is 11.7 Å². The van der Waals surface area contributed by atoms with E-state index in [1.807, 2.05) is 12.3 Å². The lowest BCUT2D eigenvalue weighted by Gasteiger charge is -2.18. The molecule has 2 heteroatoms. The molecule has 3 unspecified atom stereocenters. The summed E-state index contributed by atoms with van der Waals surface area (Å²) < 4.78 is 0. The zero-order chi connectivity index (χ0) is 17.8. The standard InChI is InChI=1S/C23H32N2/c1-4-6-17(9-10-21(24)15-25-5-2)18-7-8-19-13-20-11-16(3)12-22(20)23(19)14-18/h4,7-8,14-15,17,20,22,25H,1,3,5-6,9-13,24H2,2H3/b21-15-. The van der Waals surface area contributed by atoms with Gasteiger partial charge in [0.05, 0.1) is 0 Å². The topological polar surface area (TPSA) is 38.0 Å². The summed E-state index contributed by atoms with van der Waals surface area (Å²) in [6.45, 7) is 11.2. The lowest BCUT2D eigenvalue weighted by Crippen LogP contribution is -2.10. The number of hydrogen-bond donors (Lipinski definition) is 2. The molecule has 2 aliphatic rings. The SMILES string of the molecule is C=CCC(CC/C(N)=C/NCC)c1ccc2c(c1)C1CC(=C)CC1C2. The fraction of sp³-hybridized carbons (Fsp3) is 0.478. The average molecular weight is 337 g/mol. The maximum absolute atomic E-state index is 6.12. The molecule has 2 nitrogen and oxygen atoms in total. The van der Waals surface area contributed by atoms with Gasteiger partial charge in [-0.1, -0.05) is 36.4 Å². The van der Waals surface area contributed by atoms with Gasteiger partial charge < -0.3 is 11.1 Å². The van der Waals surface area contributed by atoms with Gasteiger partial charge in [0.15, 0.2) is 0 Å². The van der Waals surface area contributed by atoms with Crippen molar-refractivity contribution in [3.63, 3.8) is 0 Å². The lowest BCUT2D eigenvalue weighted by molar-refractivity contribution is 0.529. The normalized spacial score (nSPS) is 23.2. The third-order valence-electron chi connectivity index (χ3n) is 5.88. The predicted molar refractivity (Wildman–Crippen MR) is 107 cm³/mol. The largest absolute Gasteiger partial charge is 0.401 e. The van der Waals surface area contributed by atoms with Gasteiger partial charge in [-0.05, 0) is 79.9 Å². The van der Waals surface area contributed by atoms with Crippen LogP contribution in [0, 0.1) is 5.92 Å². The number of nitrogens with one attached hydrogen (secondary N) is 1. The van der Waals surface area contributed by atoms with Crippen LogP contribution in [0.1, 0.15) is 67.6 Å². The molecule has 1 saturated carbocycles. The monoisotopic (exact) mass is 336 g/mol. The Morgan fingerprint density at radius 3 is 2.96 bits per heavy atom. The van der Waals surface area contributed by atoms with Crippen LogP contribution in [0.25, 0.3) is 0 Å². The van der Waals surface area contributed by atoms with Gasteiger partial charge in [0.2, 0.25) is 0 Å². The van der Waals surface area contributed by atoms with E-state index in [1.54, 1.807) is 11.1 Å². The highest BCUT2D eigenvalue weighted by molar-refractivity contribution is 5.43. The molecule has 1 fully saturated rings. The quantitative estimate of drug-likeness (QED) is 0.645. The Bertz CT molecular complexity index is 671. The second-order valence-corrected chi connectivity index (χ2v) is 7.72. The molecule has 0 bridgehead atoms. The van der Waals surface area contributed by atoms with Crippen molar-refractivity contribution in [1.82, 2.24) is 5.32 Å². The Hall–Kier alpha value is -1.96. The third kappa shape index (κ3) is 4.00. The zero-order valence-corrected chi connectivity index (χ0v) is 15.6. The van der Waals surface area contributed by atoms with Gasteiger partial charge in [-0.15, -0.1) is 6.58 Å². The molecular weight excluding hydrogens is 304 g/mol. The van der Waals surface area contributed by atoms with Crippen LogP contribution in [-0.4, -0.2) is 6.54 Å². The van der Waals surface area contributed by atoms with E-state index in [9.17, 15) is 0 Å². The van der Waals surface area contributed by atoms with Gasteiger partial charge in [-0.2, -0.15) is 0 Å². The molecule has 0 aromatic heterocycles. The maximum Gasteiger partial charge on any atom is 0.0240 e. The Labute approximate surface area is 152 Å². The second-order valence-electron chi connectivity index (χ2n) is 7.72. The number of rotatable bonds is 8. The van der Waals surface area contributed by atoms with Crippen molar-refractivity contribution in [1.29, 1.82) is 0 Å². The van der Waals surface area contributed by atoms with E-state index in [0.717, 1.165) is 37.4 Å². The van der Waals surface area contributed by atoms with Gasteiger partial charge in [0.1, 0.15) is 0 Å². The van der Waals surface area contributed by atoms with Crippen molar-refractivity contribution in [3.05, 3.63) is 71.6 Å². The summed E-state index contributed by atoms with van der Waals surface area (Å²) in [4.78, 5) is 0. The minimum Gasteiger partial charge on any atom is -0.401 e. The highest BCUT2D eigenvalue weighted by Gasteiger charge is 2.37. The summed E-state index contributed by atoms with van der Waals surface area (Å²) in [5.74, 6) is 2.01. The van der Waals surface area contributed by atoms with E-state index in [2.05, 4.69) is 43.6 Å². The van der Waals surface area contributed by atoms with Crippen LogP contribution in [0.15, 0.2) is 54.9 Å². The smallest absolute Gasteiger partial charge is 0.0240 e. The summed E-state index contributed by atoms with van der Waals surface area (Å²) in [5, 5.41) is 3.19. The molecule has 3 N–H and O–H groups in total. The molecule has 134 valence electrons. The molecule has 0 radical (unpaired) electrons. The van der Waals surface area contributed by atoms with Crippen LogP contribution in [0.5, 0.6) is 0 Å². The predicted octanol–water partition coefficient (Wildman–Crippen LogP) is 5.14. The summed E-state index contributed by atoms with van der Waals surface area (Å²) in [6.07, 6.45) is 10.6. The molecule has 2 aliphatic carbocycles. The number of allylic oxidation sites excluding steroid dienone is 3. The van der Waals surface area contributed by atoms with Crippen molar-refractivity contribution in [2.45, 2.75) is 57.3 Å². The number of benzene rings is 1. The molecule has 0 aliphatic heterocycles. The minimum atomic E-state index is 0.500. The molecule has 3 rings (SSSR count). The molecule has 0 heterocycles. The van der Waals surface area contributed by atoms with E-state index in [4.69, 9.17) is 5.73 Å². The van der Waals surface area contributed by atoms with Gasteiger partial charge in [0.25, 0.3) is 0 Å². The Morgan fingerprint density at radius 1 is 1.36 bits per heavy atom. The minimum absolute atomic E-state index is 0.500. The van der Waals surface area contributed by atoms with Crippen LogP contribution >= 0.6 is 0 Å². The molecule has 0 amide bonds. The fourth-order valence-electron chi connectivity index (χ4n) is 4.60. The first-order chi connectivity index (χ1) is 12.1. The molecule has 3 atom stereocenters. The molecule has 25 heavy (non-hydrogen) atoms. The number of fused-ring (bicyclic) bond motifs is 3. The molecule has 1 aromatic carbocycles. The Morgan fingerprint density at radius 2 is 2.20 bits per heavy atom. The van der Waals surface area contributed by atoms with Crippen LogP contribution in [0.4, 0.5) is 0 Å². The van der Waals surface area contributed by atoms with Gasteiger partial charge in [-0.3, -0.25) is 0 Å². The fourth-order valence-corrected chi connectivity index (χ4v) is 4.60.